The van der Waals surface area contributed by atoms with Crippen LogP contribution in [0.25, 0.3) is 22.5 Å². The molecule has 0 amide bonds. The van der Waals surface area contributed by atoms with E-state index in [1.807, 2.05) is 53.0 Å². The molecular weight excluding hydrogens is 318 g/mol. The third-order valence-corrected chi connectivity index (χ3v) is 4.42. The lowest BCUT2D eigenvalue weighted by Crippen LogP contribution is -2.01. The molecule has 0 radical (unpaired) electrons. The van der Waals surface area contributed by atoms with Crippen LogP contribution in [0.1, 0.15) is 12.6 Å². The van der Waals surface area contributed by atoms with Crippen molar-refractivity contribution in [3.05, 3.63) is 54.6 Å². The lowest BCUT2D eigenvalue weighted by atomic mass is 10.0. The zero-order valence-corrected chi connectivity index (χ0v) is 14.2. The van der Waals surface area contributed by atoms with Crippen LogP contribution in [0, 0.1) is 11.3 Å². The van der Waals surface area contributed by atoms with Crippen LogP contribution >= 0.6 is 11.8 Å². The van der Waals surface area contributed by atoms with Gasteiger partial charge >= 0.3 is 0 Å². The predicted octanol–water partition coefficient (Wildman–Crippen LogP) is 3.63. The van der Waals surface area contributed by atoms with Gasteiger partial charge < -0.3 is 0 Å². The van der Waals surface area contributed by atoms with Gasteiger partial charge in [-0.05, 0) is 17.9 Å². The number of aromatic nitrogens is 4. The molecule has 0 spiro atoms. The number of nitriles is 1. The van der Waals surface area contributed by atoms with Crippen LogP contribution in [-0.2, 0) is 6.54 Å². The number of aryl methyl sites for hydroxylation is 1. The summed E-state index contributed by atoms with van der Waals surface area (Å²) < 4.78 is 1.97. The van der Waals surface area contributed by atoms with Crippen molar-refractivity contribution in [1.82, 2.24) is 19.7 Å². The van der Waals surface area contributed by atoms with Gasteiger partial charge in [-0.25, -0.2) is 4.98 Å². The predicted molar refractivity (Wildman–Crippen MR) is 96.4 cm³/mol. The number of hydrogen-bond acceptors (Lipinski definition) is 5. The van der Waals surface area contributed by atoms with Gasteiger partial charge in [0, 0.05) is 42.0 Å². The Hall–Kier alpha value is -2.65. The summed E-state index contributed by atoms with van der Waals surface area (Å²) in [5.74, 6) is 2.18. The Labute approximate surface area is 145 Å². The highest BCUT2D eigenvalue weighted by Crippen LogP contribution is 2.25. The first-order chi connectivity index (χ1) is 11.8. The zero-order valence-electron chi connectivity index (χ0n) is 13.4. The van der Waals surface area contributed by atoms with E-state index in [2.05, 4.69) is 28.1 Å². The molecule has 0 saturated carbocycles. The van der Waals surface area contributed by atoms with Crippen molar-refractivity contribution in [2.75, 3.05) is 11.5 Å². The second kappa shape index (κ2) is 7.75. The van der Waals surface area contributed by atoms with Gasteiger partial charge in [0.1, 0.15) is 11.8 Å². The molecule has 3 rings (SSSR count). The van der Waals surface area contributed by atoms with Crippen LogP contribution in [0.3, 0.4) is 0 Å². The number of benzene rings is 1. The molecule has 0 saturated heterocycles. The first-order valence-corrected chi connectivity index (χ1v) is 8.90. The van der Waals surface area contributed by atoms with Gasteiger partial charge in [0.25, 0.3) is 0 Å². The summed E-state index contributed by atoms with van der Waals surface area (Å²) in [6.45, 7) is 3.06. The molecule has 6 heteroatoms. The van der Waals surface area contributed by atoms with Crippen LogP contribution < -0.4 is 0 Å². The quantitative estimate of drug-likeness (QED) is 0.643. The maximum absolute atomic E-state index is 9.20. The molecule has 3 aromatic rings. The van der Waals surface area contributed by atoms with Crippen molar-refractivity contribution in [1.29, 1.82) is 5.26 Å². The normalized spacial score (nSPS) is 10.5. The maximum Gasteiger partial charge on any atom is 0.166 e. The second-order valence-corrected chi connectivity index (χ2v) is 6.50. The molecule has 24 heavy (non-hydrogen) atoms. The van der Waals surface area contributed by atoms with Crippen LogP contribution in [0.2, 0.25) is 0 Å². The van der Waals surface area contributed by atoms with Crippen LogP contribution in [0.4, 0.5) is 0 Å². The minimum absolute atomic E-state index is 0.330. The van der Waals surface area contributed by atoms with Crippen molar-refractivity contribution >= 4 is 11.8 Å². The number of hydrogen-bond donors (Lipinski definition) is 0. The SMILES string of the molecule is CCSCCn1ccc(-c2cccc(-c3nccnc3C#N)c2)n1. The Morgan fingerprint density at radius 3 is 2.83 bits per heavy atom. The van der Waals surface area contributed by atoms with E-state index in [-0.39, 0.29) is 0 Å². The Morgan fingerprint density at radius 1 is 1.17 bits per heavy atom. The molecular formula is C18H17N5S. The van der Waals surface area contributed by atoms with E-state index >= 15 is 0 Å². The fourth-order valence-electron chi connectivity index (χ4n) is 2.40. The van der Waals surface area contributed by atoms with Gasteiger partial charge in [0.15, 0.2) is 5.69 Å². The van der Waals surface area contributed by atoms with Crippen molar-refractivity contribution in [2.24, 2.45) is 0 Å². The molecule has 5 nitrogen and oxygen atoms in total. The highest BCUT2D eigenvalue weighted by molar-refractivity contribution is 7.99. The van der Waals surface area contributed by atoms with E-state index in [0.717, 1.165) is 34.9 Å². The number of thioether (sulfide) groups is 1. The average Bonchev–Trinajstić information content (AvgIpc) is 3.11. The average molecular weight is 335 g/mol. The Morgan fingerprint density at radius 2 is 2.00 bits per heavy atom. The smallest absolute Gasteiger partial charge is 0.166 e. The van der Waals surface area contributed by atoms with Crippen LogP contribution in [0.5, 0.6) is 0 Å². The van der Waals surface area contributed by atoms with Gasteiger partial charge in [-0.1, -0.05) is 25.1 Å². The topological polar surface area (TPSA) is 67.4 Å². The van der Waals surface area contributed by atoms with Gasteiger partial charge in [-0.3, -0.25) is 9.67 Å². The maximum atomic E-state index is 9.20. The van der Waals surface area contributed by atoms with E-state index in [1.165, 1.54) is 6.20 Å². The van der Waals surface area contributed by atoms with Crippen molar-refractivity contribution in [2.45, 2.75) is 13.5 Å². The molecule has 2 aromatic heterocycles. The molecule has 0 atom stereocenters. The summed E-state index contributed by atoms with van der Waals surface area (Å²) >= 11 is 1.91. The van der Waals surface area contributed by atoms with Gasteiger partial charge in [0.05, 0.1) is 5.69 Å². The zero-order chi connectivity index (χ0) is 16.8. The summed E-state index contributed by atoms with van der Waals surface area (Å²) in [6.07, 6.45) is 5.13. The van der Waals surface area contributed by atoms with E-state index in [0.29, 0.717) is 11.4 Å². The lowest BCUT2D eigenvalue weighted by Gasteiger charge is -2.04. The largest absolute Gasteiger partial charge is 0.271 e. The standard InChI is InChI=1S/C18H17N5S/c1-2-24-11-10-23-9-6-16(22-23)14-4-3-5-15(12-14)18-17(13-19)20-7-8-21-18/h3-9,12H,2,10-11H2,1H3. The molecule has 0 fully saturated rings. The first kappa shape index (κ1) is 16.2. The third kappa shape index (κ3) is 3.63. The second-order valence-electron chi connectivity index (χ2n) is 5.11. The number of nitrogens with zero attached hydrogens (tertiary/aromatic N) is 5. The van der Waals surface area contributed by atoms with Crippen LogP contribution in [-0.4, -0.2) is 31.3 Å². The molecule has 0 bridgehead atoms. The summed E-state index contributed by atoms with van der Waals surface area (Å²) in [5, 5.41) is 13.8. The fourth-order valence-corrected chi connectivity index (χ4v) is 3.00. The molecule has 2 heterocycles. The van der Waals surface area contributed by atoms with E-state index in [9.17, 15) is 5.26 Å². The molecule has 0 N–H and O–H groups in total. The molecule has 0 aliphatic rings. The Kier molecular flexibility index (Phi) is 5.24. The molecule has 1 aromatic carbocycles. The Balaban J connectivity index is 1.87. The molecule has 0 unspecified atom stereocenters. The summed E-state index contributed by atoms with van der Waals surface area (Å²) in [5.41, 5.74) is 3.72. The third-order valence-electron chi connectivity index (χ3n) is 3.55. The van der Waals surface area contributed by atoms with E-state index in [1.54, 1.807) is 6.20 Å². The minimum Gasteiger partial charge on any atom is -0.271 e. The van der Waals surface area contributed by atoms with Crippen LogP contribution in [0.15, 0.2) is 48.9 Å². The molecule has 0 aliphatic heterocycles. The highest BCUT2D eigenvalue weighted by Gasteiger charge is 2.09. The van der Waals surface area contributed by atoms with Gasteiger partial charge in [0.2, 0.25) is 0 Å². The minimum atomic E-state index is 0.330. The molecule has 120 valence electrons. The summed E-state index contributed by atoms with van der Waals surface area (Å²) in [4.78, 5) is 8.37. The lowest BCUT2D eigenvalue weighted by molar-refractivity contribution is 0.669. The monoisotopic (exact) mass is 335 g/mol. The highest BCUT2D eigenvalue weighted by atomic mass is 32.2. The fraction of sp³-hybridized carbons (Fsp3) is 0.222. The van der Waals surface area contributed by atoms with Crippen molar-refractivity contribution in [3.63, 3.8) is 0 Å². The first-order valence-electron chi connectivity index (χ1n) is 7.75. The van der Waals surface area contributed by atoms with E-state index < -0.39 is 0 Å². The van der Waals surface area contributed by atoms with E-state index in [4.69, 9.17) is 0 Å². The van der Waals surface area contributed by atoms with Gasteiger partial charge in [-0.15, -0.1) is 0 Å². The van der Waals surface area contributed by atoms with Gasteiger partial charge in [-0.2, -0.15) is 22.1 Å². The summed E-state index contributed by atoms with van der Waals surface area (Å²) in [7, 11) is 0. The van der Waals surface area contributed by atoms with Crippen molar-refractivity contribution < 1.29 is 0 Å². The van der Waals surface area contributed by atoms with Crippen molar-refractivity contribution in [3.8, 4) is 28.6 Å². The summed E-state index contributed by atoms with van der Waals surface area (Å²) in [6, 6.07) is 12.0. The Bertz CT molecular complexity index is 866. The molecule has 0 aliphatic carbocycles. The number of rotatable bonds is 6.